The molecule has 9 heteroatoms. The molecule has 0 aliphatic heterocycles. The van der Waals surface area contributed by atoms with Gasteiger partial charge >= 0.3 is 0 Å². The van der Waals surface area contributed by atoms with Gasteiger partial charge in [-0.3, -0.25) is 13.9 Å². The van der Waals surface area contributed by atoms with E-state index in [0.29, 0.717) is 12.1 Å². The van der Waals surface area contributed by atoms with Gasteiger partial charge in [0.05, 0.1) is 11.9 Å². The van der Waals surface area contributed by atoms with Crippen molar-refractivity contribution in [1.29, 1.82) is 0 Å². The third-order valence-electron chi connectivity index (χ3n) is 6.73. The lowest BCUT2D eigenvalue weighted by Gasteiger charge is -2.34. The van der Waals surface area contributed by atoms with E-state index >= 15 is 0 Å². The normalized spacial score (nSPS) is 15.2. The van der Waals surface area contributed by atoms with Crippen molar-refractivity contribution < 1.29 is 18.0 Å². The monoisotopic (exact) mass is 625 g/mol. The number of halogens is 1. The summed E-state index contributed by atoms with van der Waals surface area (Å²) < 4.78 is 27.5. The molecule has 1 atom stereocenters. The molecule has 0 radical (unpaired) electrons. The smallest absolute Gasteiger partial charge is 0.244 e. The van der Waals surface area contributed by atoms with Gasteiger partial charge in [0.25, 0.3) is 0 Å². The van der Waals surface area contributed by atoms with E-state index in [1.165, 1.54) is 6.42 Å². The van der Waals surface area contributed by atoms with Crippen LogP contribution < -0.4 is 9.62 Å². The first-order valence-corrected chi connectivity index (χ1v) is 15.4. The Balaban J connectivity index is 1.91. The molecule has 2 aromatic carbocycles. The molecule has 0 unspecified atom stereocenters. The lowest BCUT2D eigenvalue weighted by molar-refractivity contribution is -0.140. The van der Waals surface area contributed by atoms with Crippen molar-refractivity contribution in [1.82, 2.24) is 10.2 Å². The highest BCUT2D eigenvalue weighted by atomic mass is 127. The second kappa shape index (κ2) is 12.9. The molecule has 0 aromatic heterocycles. The van der Waals surface area contributed by atoms with Crippen molar-refractivity contribution in [2.24, 2.45) is 0 Å². The van der Waals surface area contributed by atoms with Gasteiger partial charge in [0.2, 0.25) is 21.8 Å². The van der Waals surface area contributed by atoms with Gasteiger partial charge in [-0.2, -0.15) is 0 Å². The fourth-order valence-corrected chi connectivity index (χ4v) is 5.87. The molecule has 196 valence electrons. The van der Waals surface area contributed by atoms with Gasteiger partial charge in [-0.05, 0) is 84.2 Å². The van der Waals surface area contributed by atoms with Gasteiger partial charge < -0.3 is 10.2 Å². The predicted molar refractivity (Wildman–Crippen MR) is 152 cm³/mol. The topological polar surface area (TPSA) is 86.8 Å². The molecular formula is C27H36IN3O4S. The van der Waals surface area contributed by atoms with Crippen LogP contribution in [0.5, 0.6) is 0 Å². The highest BCUT2D eigenvalue weighted by Crippen LogP contribution is 2.22. The van der Waals surface area contributed by atoms with E-state index in [4.69, 9.17) is 0 Å². The van der Waals surface area contributed by atoms with Crippen molar-refractivity contribution in [3.8, 4) is 0 Å². The Bertz CT molecular complexity index is 1150. The first-order valence-electron chi connectivity index (χ1n) is 12.5. The Kier molecular flexibility index (Phi) is 10.2. The summed E-state index contributed by atoms with van der Waals surface area (Å²) in [5.74, 6) is -0.584. The minimum atomic E-state index is -3.73. The van der Waals surface area contributed by atoms with Gasteiger partial charge in [0.1, 0.15) is 12.6 Å². The zero-order valence-corrected chi connectivity index (χ0v) is 24.2. The minimum Gasteiger partial charge on any atom is -0.352 e. The molecule has 2 amide bonds. The quantitative estimate of drug-likeness (QED) is 0.391. The van der Waals surface area contributed by atoms with Crippen LogP contribution in [-0.2, 0) is 26.2 Å². The van der Waals surface area contributed by atoms with Crippen molar-refractivity contribution in [2.75, 3.05) is 17.1 Å². The second-order valence-corrected chi connectivity index (χ2v) is 12.6. The lowest BCUT2D eigenvalue weighted by atomic mass is 9.95. The molecular weight excluding hydrogens is 589 g/mol. The fourth-order valence-electron chi connectivity index (χ4n) is 4.66. The van der Waals surface area contributed by atoms with Gasteiger partial charge in [-0.1, -0.05) is 50.5 Å². The van der Waals surface area contributed by atoms with Gasteiger partial charge in [0.15, 0.2) is 0 Å². The maximum atomic E-state index is 13.8. The number of nitrogens with zero attached hydrogens (tertiary/aromatic N) is 2. The molecule has 36 heavy (non-hydrogen) atoms. The molecule has 7 nitrogen and oxygen atoms in total. The number of amides is 2. The molecule has 2 aromatic rings. The average Bonchev–Trinajstić information content (AvgIpc) is 2.84. The van der Waals surface area contributed by atoms with E-state index in [2.05, 4.69) is 27.9 Å². The standard InChI is InChI=1S/C27H36IN3O4S/c1-4-25(27(33)29-23-12-6-5-7-13-23)30(18-21-11-9-8-10-20(21)2)26(32)19-31(36(3,34)35)24-16-14-22(28)15-17-24/h8-11,14-17,23,25H,4-7,12-13,18-19H2,1-3H3,(H,29,33)/t25-/m0/s1. The number of aryl methyl sites for hydroxylation is 1. The number of rotatable bonds is 10. The Labute approximate surface area is 228 Å². The van der Waals surface area contributed by atoms with E-state index in [-0.39, 0.29) is 25.0 Å². The highest BCUT2D eigenvalue weighted by molar-refractivity contribution is 14.1. The number of benzene rings is 2. The molecule has 0 bridgehead atoms. The Hall–Kier alpha value is -2.14. The summed E-state index contributed by atoms with van der Waals surface area (Å²) in [6.45, 7) is 3.71. The Morgan fingerprint density at radius 2 is 1.69 bits per heavy atom. The number of hydrogen-bond donors (Lipinski definition) is 1. The Morgan fingerprint density at radius 3 is 2.28 bits per heavy atom. The summed E-state index contributed by atoms with van der Waals surface area (Å²) in [6, 6.07) is 14.1. The van der Waals surface area contributed by atoms with Crippen LogP contribution in [0.1, 0.15) is 56.6 Å². The van der Waals surface area contributed by atoms with Crippen molar-refractivity contribution in [3.63, 3.8) is 0 Å². The molecule has 1 N–H and O–H groups in total. The molecule has 3 rings (SSSR count). The molecule has 1 saturated carbocycles. The Morgan fingerprint density at radius 1 is 1.06 bits per heavy atom. The SMILES string of the molecule is CC[C@@H](C(=O)NC1CCCCC1)N(Cc1ccccc1C)C(=O)CN(c1ccc(I)cc1)S(C)(=O)=O. The molecule has 1 fully saturated rings. The van der Waals surface area contributed by atoms with Crippen LogP contribution in [0.4, 0.5) is 5.69 Å². The molecule has 1 aliphatic rings. The van der Waals surface area contributed by atoms with E-state index in [1.54, 1.807) is 29.2 Å². The summed E-state index contributed by atoms with van der Waals surface area (Å²) >= 11 is 2.15. The summed E-state index contributed by atoms with van der Waals surface area (Å²) in [4.78, 5) is 28.8. The van der Waals surface area contributed by atoms with Crippen molar-refractivity contribution >= 4 is 50.1 Å². The third-order valence-corrected chi connectivity index (χ3v) is 8.59. The van der Waals surface area contributed by atoms with Crippen LogP contribution >= 0.6 is 22.6 Å². The molecule has 0 spiro atoms. The zero-order valence-electron chi connectivity index (χ0n) is 21.2. The van der Waals surface area contributed by atoms with Crippen LogP contribution in [-0.4, -0.2) is 50.0 Å². The van der Waals surface area contributed by atoms with E-state index in [9.17, 15) is 18.0 Å². The fraction of sp³-hybridized carbons (Fsp3) is 0.481. The second-order valence-electron chi connectivity index (χ2n) is 9.46. The van der Waals surface area contributed by atoms with Crippen LogP contribution in [0.2, 0.25) is 0 Å². The number of carbonyl (C=O) groups excluding carboxylic acids is 2. The molecule has 1 aliphatic carbocycles. The number of nitrogens with one attached hydrogen (secondary N) is 1. The van der Waals surface area contributed by atoms with Crippen LogP contribution in [0.15, 0.2) is 48.5 Å². The number of sulfonamides is 1. The highest BCUT2D eigenvalue weighted by Gasteiger charge is 2.33. The minimum absolute atomic E-state index is 0.120. The number of hydrogen-bond acceptors (Lipinski definition) is 4. The van der Waals surface area contributed by atoms with Crippen LogP contribution in [0.25, 0.3) is 0 Å². The van der Waals surface area contributed by atoms with Gasteiger partial charge in [-0.25, -0.2) is 8.42 Å². The summed E-state index contributed by atoms with van der Waals surface area (Å²) in [6.07, 6.45) is 6.78. The molecule has 0 heterocycles. The predicted octanol–water partition coefficient (Wildman–Crippen LogP) is 4.62. The van der Waals surface area contributed by atoms with Crippen LogP contribution in [0, 0.1) is 10.5 Å². The van der Waals surface area contributed by atoms with Crippen LogP contribution in [0.3, 0.4) is 0 Å². The summed E-state index contributed by atoms with van der Waals surface area (Å²) in [7, 11) is -3.73. The van der Waals surface area contributed by atoms with Crippen molar-refractivity contribution in [3.05, 3.63) is 63.2 Å². The zero-order chi connectivity index (χ0) is 26.3. The van der Waals surface area contributed by atoms with Gasteiger partial charge in [-0.15, -0.1) is 0 Å². The number of anilines is 1. The third kappa shape index (κ3) is 7.68. The van der Waals surface area contributed by atoms with E-state index < -0.39 is 22.0 Å². The lowest BCUT2D eigenvalue weighted by Crippen LogP contribution is -2.54. The maximum Gasteiger partial charge on any atom is 0.244 e. The maximum absolute atomic E-state index is 13.8. The largest absolute Gasteiger partial charge is 0.352 e. The molecule has 0 saturated heterocycles. The summed E-state index contributed by atoms with van der Waals surface area (Å²) in [5, 5.41) is 3.16. The van der Waals surface area contributed by atoms with E-state index in [0.717, 1.165) is 50.9 Å². The first kappa shape index (κ1) is 28.4. The summed E-state index contributed by atoms with van der Waals surface area (Å²) in [5.41, 5.74) is 2.35. The van der Waals surface area contributed by atoms with Crippen molar-refractivity contribution in [2.45, 2.75) is 71.0 Å². The van der Waals surface area contributed by atoms with E-state index in [1.807, 2.05) is 38.1 Å². The van der Waals surface area contributed by atoms with Gasteiger partial charge in [0, 0.05) is 16.2 Å². The number of carbonyl (C=O) groups is 2. The average molecular weight is 626 g/mol. The first-order chi connectivity index (χ1) is 17.1.